The first-order valence-corrected chi connectivity index (χ1v) is 8.20. The lowest BCUT2D eigenvalue weighted by molar-refractivity contribution is -0.126. The summed E-state index contributed by atoms with van der Waals surface area (Å²) in [6.45, 7) is 6.85. The molecule has 0 radical (unpaired) electrons. The Morgan fingerprint density at radius 1 is 1.13 bits per heavy atom. The number of amides is 1. The number of nitrogens with one attached hydrogen (secondary N) is 1. The summed E-state index contributed by atoms with van der Waals surface area (Å²) >= 11 is 8.46. The SMILES string of the molecule is CC(C)(CCC(C)(C)C(=O)Nc1ccc(F)c(F)c1Br)C(=O)Cl. The van der Waals surface area contributed by atoms with Gasteiger partial charge in [-0.1, -0.05) is 27.7 Å². The maximum absolute atomic E-state index is 13.5. The van der Waals surface area contributed by atoms with Crippen molar-refractivity contribution in [3.63, 3.8) is 0 Å². The molecule has 0 unspecified atom stereocenters. The molecular weight excluding hydrogens is 392 g/mol. The number of benzene rings is 1. The molecule has 3 nitrogen and oxygen atoms in total. The molecule has 0 aromatic heterocycles. The Morgan fingerprint density at radius 2 is 1.65 bits per heavy atom. The van der Waals surface area contributed by atoms with E-state index in [1.165, 1.54) is 6.07 Å². The number of hydrogen-bond donors (Lipinski definition) is 1. The molecule has 7 heteroatoms. The lowest BCUT2D eigenvalue weighted by atomic mass is 9.79. The topological polar surface area (TPSA) is 46.2 Å². The van der Waals surface area contributed by atoms with Crippen LogP contribution < -0.4 is 5.32 Å². The van der Waals surface area contributed by atoms with Crippen LogP contribution in [0.25, 0.3) is 0 Å². The van der Waals surface area contributed by atoms with E-state index in [4.69, 9.17) is 11.6 Å². The van der Waals surface area contributed by atoms with Crippen molar-refractivity contribution in [2.24, 2.45) is 10.8 Å². The fraction of sp³-hybridized carbons (Fsp3) is 0.500. The average molecular weight is 411 g/mol. The van der Waals surface area contributed by atoms with Gasteiger partial charge in [0, 0.05) is 10.8 Å². The van der Waals surface area contributed by atoms with E-state index in [1.807, 2.05) is 0 Å². The Balaban J connectivity index is 2.84. The molecule has 1 rings (SSSR count). The Hall–Kier alpha value is -1.01. The van der Waals surface area contributed by atoms with Crippen molar-refractivity contribution < 1.29 is 18.4 Å². The van der Waals surface area contributed by atoms with Crippen molar-refractivity contribution in [2.75, 3.05) is 5.32 Å². The summed E-state index contributed by atoms with van der Waals surface area (Å²) < 4.78 is 26.5. The van der Waals surface area contributed by atoms with Gasteiger partial charge in [0.1, 0.15) is 0 Å². The van der Waals surface area contributed by atoms with Crippen LogP contribution in [0, 0.1) is 22.5 Å². The van der Waals surface area contributed by atoms with Gasteiger partial charge in [-0.05, 0) is 52.5 Å². The van der Waals surface area contributed by atoms with Crippen LogP contribution in [0.3, 0.4) is 0 Å². The van der Waals surface area contributed by atoms with Crippen LogP contribution in [0.5, 0.6) is 0 Å². The second kappa shape index (κ2) is 7.26. The van der Waals surface area contributed by atoms with Gasteiger partial charge in [0.2, 0.25) is 11.1 Å². The quantitative estimate of drug-likeness (QED) is 0.513. The minimum Gasteiger partial charge on any atom is -0.325 e. The summed E-state index contributed by atoms with van der Waals surface area (Å²) in [6.07, 6.45) is 0.834. The van der Waals surface area contributed by atoms with Crippen molar-refractivity contribution in [3.05, 3.63) is 28.2 Å². The van der Waals surface area contributed by atoms with Crippen molar-refractivity contribution in [1.29, 1.82) is 0 Å². The van der Waals surface area contributed by atoms with Crippen molar-refractivity contribution in [1.82, 2.24) is 0 Å². The van der Waals surface area contributed by atoms with Crippen molar-refractivity contribution in [3.8, 4) is 0 Å². The van der Waals surface area contributed by atoms with E-state index in [2.05, 4.69) is 21.2 Å². The smallest absolute Gasteiger partial charge is 0.230 e. The minimum atomic E-state index is -1.06. The number of rotatable bonds is 6. The Morgan fingerprint density at radius 3 is 2.17 bits per heavy atom. The van der Waals surface area contributed by atoms with Crippen LogP contribution in [0.15, 0.2) is 16.6 Å². The van der Waals surface area contributed by atoms with E-state index in [0.717, 1.165) is 6.07 Å². The van der Waals surface area contributed by atoms with Crippen LogP contribution in [0.2, 0.25) is 0 Å². The monoisotopic (exact) mass is 409 g/mol. The summed E-state index contributed by atoms with van der Waals surface area (Å²) in [5, 5.41) is 2.11. The first kappa shape index (κ1) is 20.0. The minimum absolute atomic E-state index is 0.141. The number of halogens is 4. The lowest BCUT2D eigenvalue weighted by Crippen LogP contribution is -2.33. The van der Waals surface area contributed by atoms with Crippen LogP contribution in [-0.2, 0) is 9.59 Å². The number of carbonyl (C=O) groups is 2. The predicted octanol–water partition coefficient (Wildman–Crippen LogP) is 5.26. The molecule has 1 aromatic rings. The standard InChI is InChI=1S/C16H19BrClF2NO2/c1-15(2,13(18)22)7-8-16(3,4)14(23)21-10-6-5-9(19)12(20)11(10)17/h5-6H,7-8H2,1-4H3,(H,21,23). The van der Waals surface area contributed by atoms with Crippen LogP contribution in [0.1, 0.15) is 40.5 Å². The summed E-state index contributed by atoms with van der Waals surface area (Å²) in [5.41, 5.74) is -1.40. The predicted molar refractivity (Wildman–Crippen MR) is 90.3 cm³/mol. The molecule has 0 bridgehead atoms. The van der Waals surface area contributed by atoms with E-state index in [1.54, 1.807) is 27.7 Å². The molecule has 128 valence electrons. The highest BCUT2D eigenvalue weighted by Gasteiger charge is 2.33. The second-order valence-corrected chi connectivity index (χ2v) is 7.85. The Bertz CT molecular complexity index is 633. The summed E-state index contributed by atoms with van der Waals surface area (Å²) in [6, 6.07) is 2.22. The van der Waals surface area contributed by atoms with E-state index >= 15 is 0 Å². The highest BCUT2D eigenvalue weighted by molar-refractivity contribution is 9.10. The van der Waals surface area contributed by atoms with E-state index in [0.29, 0.717) is 12.8 Å². The highest BCUT2D eigenvalue weighted by atomic mass is 79.9. The van der Waals surface area contributed by atoms with Gasteiger partial charge in [-0.2, -0.15) is 0 Å². The summed E-state index contributed by atoms with van der Waals surface area (Å²) in [4.78, 5) is 23.7. The maximum atomic E-state index is 13.5. The van der Waals surface area contributed by atoms with Crippen LogP contribution in [-0.4, -0.2) is 11.1 Å². The van der Waals surface area contributed by atoms with Crippen LogP contribution in [0.4, 0.5) is 14.5 Å². The van der Waals surface area contributed by atoms with Gasteiger partial charge in [0.15, 0.2) is 11.6 Å². The molecule has 23 heavy (non-hydrogen) atoms. The third kappa shape index (κ3) is 4.98. The average Bonchev–Trinajstić information content (AvgIpc) is 2.45. The molecule has 0 aliphatic rings. The zero-order valence-corrected chi connectivity index (χ0v) is 15.7. The fourth-order valence-corrected chi connectivity index (χ4v) is 2.27. The fourth-order valence-electron chi connectivity index (χ4n) is 1.75. The van der Waals surface area contributed by atoms with Gasteiger partial charge >= 0.3 is 0 Å². The van der Waals surface area contributed by atoms with Gasteiger partial charge in [-0.25, -0.2) is 8.78 Å². The number of anilines is 1. The molecule has 0 aliphatic carbocycles. The number of carbonyl (C=O) groups excluding carboxylic acids is 2. The molecule has 1 aromatic carbocycles. The number of hydrogen-bond acceptors (Lipinski definition) is 2. The second-order valence-electron chi connectivity index (χ2n) is 6.72. The van der Waals surface area contributed by atoms with Crippen molar-refractivity contribution >= 4 is 44.4 Å². The highest BCUT2D eigenvalue weighted by Crippen LogP contribution is 2.34. The van der Waals surface area contributed by atoms with Gasteiger partial charge in [-0.3, -0.25) is 9.59 Å². The molecule has 1 amide bonds. The van der Waals surface area contributed by atoms with E-state index < -0.39 is 27.7 Å². The lowest BCUT2D eigenvalue weighted by Gasteiger charge is -2.28. The summed E-state index contributed by atoms with van der Waals surface area (Å²) in [7, 11) is 0. The normalized spacial score (nSPS) is 12.2. The van der Waals surface area contributed by atoms with Crippen molar-refractivity contribution in [2.45, 2.75) is 40.5 Å². The van der Waals surface area contributed by atoms with Crippen LogP contribution >= 0.6 is 27.5 Å². The van der Waals surface area contributed by atoms with E-state index in [9.17, 15) is 18.4 Å². The van der Waals surface area contributed by atoms with Gasteiger partial charge in [0.25, 0.3) is 0 Å². The van der Waals surface area contributed by atoms with Gasteiger partial charge in [-0.15, -0.1) is 0 Å². The Kier molecular flexibility index (Phi) is 6.32. The zero-order chi connectivity index (χ0) is 18.0. The molecule has 0 fully saturated rings. The summed E-state index contributed by atoms with van der Waals surface area (Å²) in [5.74, 6) is -2.42. The van der Waals surface area contributed by atoms with Gasteiger partial charge in [0.05, 0.1) is 10.2 Å². The maximum Gasteiger partial charge on any atom is 0.230 e. The van der Waals surface area contributed by atoms with Gasteiger partial charge < -0.3 is 5.32 Å². The molecular formula is C16H19BrClF2NO2. The zero-order valence-electron chi connectivity index (χ0n) is 13.4. The molecule has 0 heterocycles. The third-order valence-corrected chi connectivity index (χ3v) is 5.09. The third-order valence-electron chi connectivity index (χ3n) is 3.81. The molecule has 0 saturated carbocycles. The molecule has 0 atom stereocenters. The molecule has 0 aliphatic heterocycles. The molecule has 1 N–H and O–H groups in total. The first-order valence-electron chi connectivity index (χ1n) is 7.03. The van der Waals surface area contributed by atoms with E-state index in [-0.39, 0.29) is 16.1 Å². The molecule has 0 spiro atoms. The molecule has 0 saturated heterocycles. The Labute approximate surface area is 147 Å². The largest absolute Gasteiger partial charge is 0.325 e. The first-order chi connectivity index (χ1) is 10.4.